The molecule has 5 nitrogen and oxygen atoms in total. The van der Waals surface area contributed by atoms with Crippen molar-refractivity contribution in [3.05, 3.63) is 52.3 Å². The highest BCUT2D eigenvalue weighted by atomic mass is 35.5. The first-order valence-electron chi connectivity index (χ1n) is 9.94. The van der Waals surface area contributed by atoms with E-state index >= 15 is 0 Å². The summed E-state index contributed by atoms with van der Waals surface area (Å²) in [6.45, 7) is 0.962. The maximum absolute atomic E-state index is 14.5. The van der Waals surface area contributed by atoms with Crippen LogP contribution in [0.1, 0.15) is 43.9 Å². The average molecular weight is 496 g/mol. The standard InChI is InChI=1S/C21H20ClF6N3O2/c1-20(25)4-2-13(3-5-20)31(33)19(32)30-10-17-15(23)6-11(9-29-17)14-7-12(22)8-16(24)18(14)21(26,27)28/h6-9,13,33H,2-5,10H2,1H3,(H,30,32). The Labute approximate surface area is 190 Å². The summed E-state index contributed by atoms with van der Waals surface area (Å²) in [4.78, 5) is 15.9. The Morgan fingerprint density at radius 2 is 1.88 bits per heavy atom. The van der Waals surface area contributed by atoms with Gasteiger partial charge in [0.2, 0.25) is 0 Å². The van der Waals surface area contributed by atoms with Crippen LogP contribution in [0.2, 0.25) is 5.02 Å². The summed E-state index contributed by atoms with van der Waals surface area (Å²) in [6, 6.07) is 0.510. The smallest absolute Gasteiger partial charge is 0.330 e. The second-order valence-electron chi connectivity index (χ2n) is 8.11. The van der Waals surface area contributed by atoms with E-state index in [1.165, 1.54) is 6.92 Å². The molecular formula is C21H20ClF6N3O2. The molecule has 0 saturated heterocycles. The highest BCUT2D eigenvalue weighted by molar-refractivity contribution is 6.30. The molecule has 0 unspecified atom stereocenters. The van der Waals surface area contributed by atoms with Crippen LogP contribution in [-0.4, -0.2) is 33.0 Å². The fourth-order valence-electron chi connectivity index (χ4n) is 3.69. The number of hydrogen-bond donors (Lipinski definition) is 2. The van der Waals surface area contributed by atoms with Gasteiger partial charge in [0.05, 0.1) is 23.8 Å². The summed E-state index contributed by atoms with van der Waals surface area (Å²) in [5.74, 6) is -2.67. The van der Waals surface area contributed by atoms with E-state index in [-0.39, 0.29) is 42.0 Å². The van der Waals surface area contributed by atoms with Gasteiger partial charge in [-0.2, -0.15) is 13.2 Å². The van der Waals surface area contributed by atoms with E-state index in [2.05, 4.69) is 10.3 Å². The van der Waals surface area contributed by atoms with Crippen molar-refractivity contribution in [2.24, 2.45) is 0 Å². The van der Waals surface area contributed by atoms with Gasteiger partial charge in [0.1, 0.15) is 17.3 Å². The van der Waals surface area contributed by atoms with Crippen molar-refractivity contribution in [1.29, 1.82) is 0 Å². The molecule has 0 aliphatic heterocycles. The molecular weight excluding hydrogens is 476 g/mol. The number of rotatable bonds is 4. The van der Waals surface area contributed by atoms with Gasteiger partial charge in [0, 0.05) is 16.8 Å². The zero-order valence-corrected chi connectivity index (χ0v) is 18.1. The lowest BCUT2D eigenvalue weighted by atomic mass is 9.85. The van der Waals surface area contributed by atoms with Gasteiger partial charge in [-0.1, -0.05) is 11.6 Å². The molecule has 2 amide bonds. The summed E-state index contributed by atoms with van der Waals surface area (Å²) in [5, 5.41) is 12.4. The third-order valence-corrected chi connectivity index (χ3v) is 5.74. The van der Waals surface area contributed by atoms with E-state index in [0.717, 1.165) is 18.3 Å². The van der Waals surface area contributed by atoms with Crippen LogP contribution in [0.4, 0.5) is 31.1 Å². The molecule has 3 rings (SSSR count). The minimum Gasteiger partial charge on any atom is -0.330 e. The fourth-order valence-corrected chi connectivity index (χ4v) is 3.89. The zero-order valence-electron chi connectivity index (χ0n) is 17.3. The van der Waals surface area contributed by atoms with Gasteiger partial charge in [-0.05, 0) is 56.4 Å². The first kappa shape index (κ1) is 25.1. The van der Waals surface area contributed by atoms with Gasteiger partial charge < -0.3 is 5.32 Å². The lowest BCUT2D eigenvalue weighted by Crippen LogP contribution is -2.46. The molecule has 1 aliphatic rings. The second kappa shape index (κ2) is 9.38. The Morgan fingerprint density at radius 3 is 2.45 bits per heavy atom. The number of hydroxylamine groups is 2. The average Bonchev–Trinajstić information content (AvgIpc) is 2.70. The van der Waals surface area contributed by atoms with Crippen molar-refractivity contribution >= 4 is 17.6 Å². The summed E-state index contributed by atoms with van der Waals surface area (Å²) in [6.07, 6.45) is -3.33. The number of halogens is 7. The predicted octanol–water partition coefficient (Wildman–Crippen LogP) is 6.27. The Hall–Kier alpha value is -2.53. The van der Waals surface area contributed by atoms with Crippen LogP contribution in [0.5, 0.6) is 0 Å². The molecule has 180 valence electrons. The number of urea groups is 1. The number of pyridine rings is 1. The highest BCUT2D eigenvalue weighted by Gasteiger charge is 2.38. The molecule has 0 bridgehead atoms. The van der Waals surface area contributed by atoms with Gasteiger partial charge in [0.25, 0.3) is 0 Å². The van der Waals surface area contributed by atoms with E-state index in [0.29, 0.717) is 11.1 Å². The Kier molecular flexibility index (Phi) is 7.13. The number of benzene rings is 1. The monoisotopic (exact) mass is 495 g/mol. The predicted molar refractivity (Wildman–Crippen MR) is 107 cm³/mol. The molecule has 0 atom stereocenters. The molecule has 1 saturated carbocycles. The van der Waals surface area contributed by atoms with Crippen LogP contribution in [0.3, 0.4) is 0 Å². The topological polar surface area (TPSA) is 65.5 Å². The molecule has 1 heterocycles. The second-order valence-corrected chi connectivity index (χ2v) is 8.54. The molecule has 0 spiro atoms. The maximum atomic E-state index is 14.5. The number of nitrogens with one attached hydrogen (secondary N) is 1. The largest absolute Gasteiger partial charge is 0.419 e. The summed E-state index contributed by atoms with van der Waals surface area (Å²) < 4.78 is 82.2. The van der Waals surface area contributed by atoms with Gasteiger partial charge in [-0.15, -0.1) is 0 Å². The lowest BCUT2D eigenvalue weighted by molar-refractivity contribution is -0.139. The molecule has 1 fully saturated rings. The first-order valence-corrected chi connectivity index (χ1v) is 10.3. The zero-order chi connectivity index (χ0) is 24.6. The van der Waals surface area contributed by atoms with Gasteiger partial charge in [-0.3, -0.25) is 10.2 Å². The highest BCUT2D eigenvalue weighted by Crippen LogP contribution is 2.40. The normalized spacial score (nSPS) is 21.1. The number of aromatic nitrogens is 1. The molecule has 1 aromatic carbocycles. The molecule has 12 heteroatoms. The van der Waals surface area contributed by atoms with Crippen LogP contribution in [0.25, 0.3) is 11.1 Å². The van der Waals surface area contributed by atoms with Crippen LogP contribution < -0.4 is 5.32 Å². The third-order valence-electron chi connectivity index (χ3n) is 5.53. The van der Waals surface area contributed by atoms with E-state index in [9.17, 15) is 36.3 Å². The van der Waals surface area contributed by atoms with Crippen LogP contribution in [-0.2, 0) is 12.7 Å². The minimum atomic E-state index is -5.06. The van der Waals surface area contributed by atoms with Gasteiger partial charge >= 0.3 is 12.2 Å². The van der Waals surface area contributed by atoms with E-state index in [1.54, 1.807) is 0 Å². The molecule has 33 heavy (non-hydrogen) atoms. The molecule has 1 aromatic heterocycles. The summed E-state index contributed by atoms with van der Waals surface area (Å²) in [7, 11) is 0. The number of nitrogens with zero attached hydrogens (tertiary/aromatic N) is 2. The van der Waals surface area contributed by atoms with Gasteiger partial charge in [0.15, 0.2) is 0 Å². The Bertz CT molecular complexity index is 1040. The van der Waals surface area contributed by atoms with Crippen molar-refractivity contribution in [2.45, 2.75) is 57.0 Å². The van der Waals surface area contributed by atoms with E-state index in [4.69, 9.17) is 11.6 Å². The Balaban J connectivity index is 1.73. The molecule has 2 aromatic rings. The number of hydrogen-bond acceptors (Lipinski definition) is 3. The van der Waals surface area contributed by atoms with Crippen molar-refractivity contribution in [1.82, 2.24) is 15.4 Å². The van der Waals surface area contributed by atoms with E-state index < -0.39 is 53.2 Å². The van der Waals surface area contributed by atoms with E-state index in [1.807, 2.05) is 0 Å². The molecule has 2 N–H and O–H groups in total. The summed E-state index contributed by atoms with van der Waals surface area (Å²) in [5.41, 5.74) is -4.34. The summed E-state index contributed by atoms with van der Waals surface area (Å²) >= 11 is 5.67. The van der Waals surface area contributed by atoms with Crippen LogP contribution in [0.15, 0.2) is 24.4 Å². The van der Waals surface area contributed by atoms with Crippen molar-refractivity contribution in [2.75, 3.05) is 0 Å². The van der Waals surface area contributed by atoms with Crippen LogP contribution in [0, 0.1) is 11.6 Å². The number of carbonyl (C=O) groups is 1. The Morgan fingerprint density at radius 1 is 1.24 bits per heavy atom. The molecule has 0 radical (unpaired) electrons. The maximum Gasteiger partial charge on any atom is 0.419 e. The van der Waals surface area contributed by atoms with Crippen LogP contribution >= 0.6 is 11.6 Å². The minimum absolute atomic E-state index is 0.170. The van der Waals surface area contributed by atoms with Crippen molar-refractivity contribution in [3.63, 3.8) is 0 Å². The van der Waals surface area contributed by atoms with Crippen molar-refractivity contribution < 1.29 is 36.3 Å². The lowest BCUT2D eigenvalue weighted by Gasteiger charge is -2.34. The number of amides is 2. The van der Waals surface area contributed by atoms with Gasteiger partial charge in [-0.25, -0.2) is 23.0 Å². The fraction of sp³-hybridized carbons (Fsp3) is 0.429. The number of carbonyl (C=O) groups excluding carboxylic acids is 1. The number of alkyl halides is 4. The molecule has 1 aliphatic carbocycles. The van der Waals surface area contributed by atoms with Crippen molar-refractivity contribution in [3.8, 4) is 11.1 Å². The first-order chi connectivity index (χ1) is 15.3. The SMILES string of the molecule is CC1(F)CCC(N(O)C(=O)NCc2ncc(-c3cc(Cl)cc(F)c3C(F)(F)F)cc2F)CC1. The quantitative estimate of drug-likeness (QED) is 0.298. The third kappa shape index (κ3) is 5.89.